The smallest absolute Gasteiger partial charge is 0.124 e. The van der Waals surface area contributed by atoms with E-state index in [1.165, 1.54) is 11.5 Å². The SMILES string of the molecule is Cc1nnsc1C(NN)c1ccccc1OC(C)C. The van der Waals surface area contributed by atoms with Crippen molar-refractivity contribution < 1.29 is 4.74 Å². The molecule has 1 heterocycles. The Morgan fingerprint density at radius 2 is 2.05 bits per heavy atom. The van der Waals surface area contributed by atoms with Crippen LogP contribution in [-0.2, 0) is 0 Å². The summed E-state index contributed by atoms with van der Waals surface area (Å²) in [5, 5.41) is 4.03. The normalized spacial score (nSPS) is 12.7. The lowest BCUT2D eigenvalue weighted by Gasteiger charge is -2.20. The molecule has 0 spiro atoms. The van der Waals surface area contributed by atoms with Gasteiger partial charge in [0.05, 0.1) is 22.7 Å². The standard InChI is InChI=1S/C13H18N4OS/c1-8(2)18-11-7-5-4-6-10(11)12(15-14)13-9(3)16-17-19-13/h4-8,12,15H,14H2,1-3H3. The van der Waals surface area contributed by atoms with Crippen molar-refractivity contribution in [2.45, 2.75) is 32.9 Å². The topological polar surface area (TPSA) is 73.1 Å². The van der Waals surface area contributed by atoms with Gasteiger partial charge in [-0.15, -0.1) is 5.10 Å². The summed E-state index contributed by atoms with van der Waals surface area (Å²) in [6.45, 7) is 5.93. The fourth-order valence-corrected chi connectivity index (χ4v) is 2.61. The fourth-order valence-electron chi connectivity index (χ4n) is 1.89. The van der Waals surface area contributed by atoms with Gasteiger partial charge in [-0.2, -0.15) is 0 Å². The highest BCUT2D eigenvalue weighted by molar-refractivity contribution is 7.05. The number of nitrogens with one attached hydrogen (secondary N) is 1. The number of aryl methyl sites for hydroxylation is 1. The Kier molecular flexibility index (Phi) is 4.47. The highest BCUT2D eigenvalue weighted by Crippen LogP contribution is 2.32. The number of nitrogens with two attached hydrogens (primary N) is 1. The summed E-state index contributed by atoms with van der Waals surface area (Å²) in [7, 11) is 0. The molecule has 0 fully saturated rings. The second-order valence-electron chi connectivity index (χ2n) is 4.53. The minimum Gasteiger partial charge on any atom is -0.491 e. The molecule has 0 amide bonds. The lowest BCUT2D eigenvalue weighted by atomic mass is 10.0. The van der Waals surface area contributed by atoms with Crippen molar-refractivity contribution in [3.8, 4) is 5.75 Å². The zero-order valence-corrected chi connectivity index (χ0v) is 12.1. The maximum absolute atomic E-state index is 5.83. The van der Waals surface area contributed by atoms with Crippen LogP contribution in [0.2, 0.25) is 0 Å². The molecule has 1 aromatic heterocycles. The second kappa shape index (κ2) is 6.10. The molecule has 0 radical (unpaired) electrons. The Labute approximate surface area is 116 Å². The Morgan fingerprint density at radius 1 is 1.32 bits per heavy atom. The molecule has 0 saturated heterocycles. The van der Waals surface area contributed by atoms with Crippen LogP contribution in [-0.4, -0.2) is 15.7 Å². The van der Waals surface area contributed by atoms with E-state index in [0.29, 0.717) is 0 Å². The average molecular weight is 278 g/mol. The van der Waals surface area contributed by atoms with Crippen LogP contribution in [0.1, 0.15) is 36.0 Å². The Hall–Kier alpha value is -1.50. The van der Waals surface area contributed by atoms with E-state index in [1.807, 2.05) is 45.0 Å². The molecule has 102 valence electrons. The first-order chi connectivity index (χ1) is 9.13. The van der Waals surface area contributed by atoms with Gasteiger partial charge in [-0.25, -0.2) is 5.43 Å². The first kappa shape index (κ1) is 13.9. The molecular weight excluding hydrogens is 260 g/mol. The van der Waals surface area contributed by atoms with Crippen LogP contribution in [0, 0.1) is 6.92 Å². The number of hydrazine groups is 1. The lowest BCUT2D eigenvalue weighted by Crippen LogP contribution is -2.29. The molecule has 1 atom stereocenters. The van der Waals surface area contributed by atoms with Crippen LogP contribution in [0.3, 0.4) is 0 Å². The lowest BCUT2D eigenvalue weighted by molar-refractivity contribution is 0.238. The summed E-state index contributed by atoms with van der Waals surface area (Å²) in [5.41, 5.74) is 4.70. The molecule has 6 heteroatoms. The van der Waals surface area contributed by atoms with Gasteiger partial charge in [0, 0.05) is 5.56 Å². The van der Waals surface area contributed by atoms with Crippen LogP contribution in [0.4, 0.5) is 0 Å². The summed E-state index contributed by atoms with van der Waals surface area (Å²) in [4.78, 5) is 1.00. The van der Waals surface area contributed by atoms with Crippen molar-refractivity contribution in [2.75, 3.05) is 0 Å². The van der Waals surface area contributed by atoms with Crippen LogP contribution in [0.25, 0.3) is 0 Å². The third kappa shape index (κ3) is 3.09. The van der Waals surface area contributed by atoms with E-state index in [9.17, 15) is 0 Å². The van der Waals surface area contributed by atoms with Crippen LogP contribution in [0.5, 0.6) is 5.75 Å². The van der Waals surface area contributed by atoms with Gasteiger partial charge in [0.2, 0.25) is 0 Å². The molecular formula is C13H18N4OS. The van der Waals surface area contributed by atoms with E-state index in [4.69, 9.17) is 10.6 Å². The van der Waals surface area contributed by atoms with Gasteiger partial charge >= 0.3 is 0 Å². The van der Waals surface area contributed by atoms with Crippen LogP contribution < -0.4 is 16.0 Å². The van der Waals surface area contributed by atoms with Gasteiger partial charge in [-0.05, 0) is 38.4 Å². The van der Waals surface area contributed by atoms with Crippen molar-refractivity contribution in [1.29, 1.82) is 0 Å². The number of ether oxygens (including phenoxy) is 1. The predicted molar refractivity (Wildman–Crippen MR) is 76.0 cm³/mol. The van der Waals surface area contributed by atoms with Gasteiger partial charge < -0.3 is 4.74 Å². The number of nitrogens with zero attached hydrogens (tertiary/aromatic N) is 2. The summed E-state index contributed by atoms with van der Waals surface area (Å²) >= 11 is 1.35. The number of para-hydroxylation sites is 1. The van der Waals surface area contributed by atoms with Crippen molar-refractivity contribution >= 4 is 11.5 Å². The van der Waals surface area contributed by atoms with Gasteiger partial charge in [0.1, 0.15) is 5.75 Å². The van der Waals surface area contributed by atoms with Gasteiger partial charge in [0.15, 0.2) is 0 Å². The van der Waals surface area contributed by atoms with E-state index in [1.54, 1.807) is 0 Å². The van der Waals surface area contributed by atoms with E-state index in [2.05, 4.69) is 15.0 Å². The molecule has 1 unspecified atom stereocenters. The number of benzene rings is 1. The largest absolute Gasteiger partial charge is 0.491 e. The summed E-state index contributed by atoms with van der Waals surface area (Å²) in [6, 6.07) is 7.71. The Morgan fingerprint density at radius 3 is 2.63 bits per heavy atom. The molecule has 5 nitrogen and oxygen atoms in total. The van der Waals surface area contributed by atoms with E-state index in [-0.39, 0.29) is 12.1 Å². The van der Waals surface area contributed by atoms with E-state index >= 15 is 0 Å². The third-order valence-electron chi connectivity index (χ3n) is 2.71. The molecule has 19 heavy (non-hydrogen) atoms. The van der Waals surface area contributed by atoms with Crippen molar-refractivity contribution in [3.63, 3.8) is 0 Å². The Bertz CT molecular complexity index is 541. The quantitative estimate of drug-likeness (QED) is 0.648. The summed E-state index contributed by atoms with van der Waals surface area (Å²) in [6.07, 6.45) is 0.111. The van der Waals surface area contributed by atoms with Gasteiger partial charge in [-0.1, -0.05) is 22.7 Å². The minimum atomic E-state index is -0.157. The minimum absolute atomic E-state index is 0.111. The zero-order valence-electron chi connectivity index (χ0n) is 11.3. The maximum Gasteiger partial charge on any atom is 0.124 e. The molecule has 1 aromatic carbocycles. The van der Waals surface area contributed by atoms with Crippen molar-refractivity contribution in [2.24, 2.45) is 5.84 Å². The van der Waals surface area contributed by atoms with Crippen molar-refractivity contribution in [1.82, 2.24) is 15.0 Å². The van der Waals surface area contributed by atoms with E-state index < -0.39 is 0 Å². The Balaban J connectivity index is 2.41. The average Bonchev–Trinajstić information content (AvgIpc) is 2.78. The van der Waals surface area contributed by atoms with Crippen LogP contribution in [0.15, 0.2) is 24.3 Å². The number of rotatable bonds is 5. The van der Waals surface area contributed by atoms with Crippen LogP contribution >= 0.6 is 11.5 Å². The monoisotopic (exact) mass is 278 g/mol. The molecule has 0 saturated carbocycles. The van der Waals surface area contributed by atoms with E-state index in [0.717, 1.165) is 21.9 Å². The van der Waals surface area contributed by atoms with Gasteiger partial charge in [-0.3, -0.25) is 5.84 Å². The number of hydrogen-bond donors (Lipinski definition) is 2. The first-order valence-corrected chi connectivity index (χ1v) is 6.91. The van der Waals surface area contributed by atoms with Crippen molar-refractivity contribution in [3.05, 3.63) is 40.4 Å². The summed E-state index contributed by atoms with van der Waals surface area (Å²) in [5.74, 6) is 6.54. The second-order valence-corrected chi connectivity index (χ2v) is 5.31. The van der Waals surface area contributed by atoms with Gasteiger partial charge in [0.25, 0.3) is 0 Å². The molecule has 0 aliphatic heterocycles. The molecule has 0 bridgehead atoms. The predicted octanol–water partition coefficient (Wildman–Crippen LogP) is 2.19. The molecule has 3 N–H and O–H groups in total. The number of hydrogen-bond acceptors (Lipinski definition) is 6. The fraction of sp³-hybridized carbons (Fsp3) is 0.385. The number of aromatic nitrogens is 2. The zero-order chi connectivity index (χ0) is 13.8. The molecule has 2 rings (SSSR count). The summed E-state index contributed by atoms with van der Waals surface area (Å²) < 4.78 is 9.80. The molecule has 0 aliphatic carbocycles. The molecule has 2 aromatic rings. The highest BCUT2D eigenvalue weighted by atomic mass is 32.1. The maximum atomic E-state index is 5.83. The third-order valence-corrected chi connectivity index (χ3v) is 3.60. The molecule has 0 aliphatic rings. The first-order valence-electron chi connectivity index (χ1n) is 6.14. The highest BCUT2D eigenvalue weighted by Gasteiger charge is 2.21.